The highest BCUT2D eigenvalue weighted by Gasteiger charge is 2.23. The Morgan fingerprint density at radius 1 is 1.05 bits per heavy atom. The second-order valence-electron chi connectivity index (χ2n) is 6.50. The molecule has 5 heteroatoms. The highest BCUT2D eigenvalue weighted by molar-refractivity contribution is 5.81. The van der Waals surface area contributed by atoms with E-state index in [-0.39, 0.29) is 11.4 Å². The molecule has 0 bridgehead atoms. The van der Waals surface area contributed by atoms with Crippen molar-refractivity contribution >= 4 is 12.1 Å². The van der Waals surface area contributed by atoms with E-state index < -0.39 is 12.1 Å². The van der Waals surface area contributed by atoms with Gasteiger partial charge in [-0.1, -0.05) is 53.9 Å². The molecule has 0 rings (SSSR count). The van der Waals surface area contributed by atoms with Crippen LogP contribution in [-0.4, -0.2) is 31.3 Å². The first-order chi connectivity index (χ1) is 9.80. The van der Waals surface area contributed by atoms with Crippen LogP contribution in [0.3, 0.4) is 0 Å². The fourth-order valence-corrected chi connectivity index (χ4v) is 1.54. The minimum absolute atomic E-state index is 0.0993. The van der Waals surface area contributed by atoms with E-state index in [0.29, 0.717) is 19.6 Å². The lowest BCUT2D eigenvalue weighted by atomic mass is 9.99. The Labute approximate surface area is 128 Å². The van der Waals surface area contributed by atoms with Crippen molar-refractivity contribution in [2.45, 2.75) is 72.8 Å². The normalized spacial score (nSPS) is 12.6. The zero-order valence-corrected chi connectivity index (χ0v) is 14.2. The Hall–Kier alpha value is -1.26. The molecule has 0 aromatic carbocycles. The lowest BCUT2D eigenvalue weighted by Crippen LogP contribution is -2.42. The van der Waals surface area contributed by atoms with Gasteiger partial charge in [-0.2, -0.15) is 0 Å². The number of unbranched alkanes of at least 4 members (excludes halogenated alkanes) is 2. The van der Waals surface area contributed by atoms with Crippen molar-refractivity contribution in [3.8, 4) is 0 Å². The summed E-state index contributed by atoms with van der Waals surface area (Å²) < 4.78 is 10.3. The number of esters is 1. The van der Waals surface area contributed by atoms with Gasteiger partial charge in [0.05, 0.1) is 13.2 Å². The zero-order chi connectivity index (χ0) is 16.3. The van der Waals surface area contributed by atoms with Crippen molar-refractivity contribution in [1.29, 1.82) is 0 Å². The van der Waals surface area contributed by atoms with Crippen LogP contribution in [0.1, 0.15) is 66.7 Å². The van der Waals surface area contributed by atoms with Gasteiger partial charge in [0.2, 0.25) is 0 Å². The highest BCUT2D eigenvalue weighted by atomic mass is 16.6. The van der Waals surface area contributed by atoms with Gasteiger partial charge in [0.25, 0.3) is 0 Å². The fraction of sp³-hybridized carbons (Fsp3) is 0.875. The summed E-state index contributed by atoms with van der Waals surface area (Å²) in [5.41, 5.74) is -0.0993. The predicted molar refractivity (Wildman–Crippen MR) is 83.1 cm³/mol. The van der Waals surface area contributed by atoms with Crippen LogP contribution in [0.2, 0.25) is 0 Å². The Balaban J connectivity index is 4.33. The van der Waals surface area contributed by atoms with Gasteiger partial charge in [-0.3, -0.25) is 0 Å². The fourth-order valence-electron chi connectivity index (χ4n) is 1.54. The number of ether oxygens (including phenoxy) is 2. The van der Waals surface area contributed by atoms with Gasteiger partial charge in [0, 0.05) is 0 Å². The van der Waals surface area contributed by atoms with E-state index in [0.717, 1.165) is 25.7 Å². The number of rotatable bonds is 9. The summed E-state index contributed by atoms with van der Waals surface area (Å²) in [5, 5.41) is 2.62. The third-order valence-electron chi connectivity index (χ3n) is 2.80. The maximum Gasteiger partial charge on any atom is 0.407 e. The van der Waals surface area contributed by atoms with Crippen LogP contribution in [0.25, 0.3) is 0 Å². The summed E-state index contributed by atoms with van der Waals surface area (Å²) >= 11 is 0. The van der Waals surface area contributed by atoms with E-state index in [9.17, 15) is 9.59 Å². The maximum absolute atomic E-state index is 12.0. The average molecular weight is 301 g/mol. The monoisotopic (exact) mass is 301 g/mol. The van der Waals surface area contributed by atoms with E-state index in [4.69, 9.17) is 9.47 Å². The molecule has 1 amide bonds. The Bertz CT molecular complexity index is 310. The molecule has 124 valence electrons. The van der Waals surface area contributed by atoms with Crippen molar-refractivity contribution in [3.63, 3.8) is 0 Å². The van der Waals surface area contributed by atoms with Crippen LogP contribution in [0.5, 0.6) is 0 Å². The molecule has 0 aliphatic rings. The van der Waals surface area contributed by atoms with Crippen LogP contribution in [0, 0.1) is 5.41 Å². The molecule has 0 aromatic heterocycles. The number of hydrogen-bond acceptors (Lipinski definition) is 4. The van der Waals surface area contributed by atoms with Gasteiger partial charge < -0.3 is 14.8 Å². The molecule has 0 saturated carbocycles. The van der Waals surface area contributed by atoms with Crippen molar-refractivity contribution < 1.29 is 19.1 Å². The van der Waals surface area contributed by atoms with E-state index in [1.807, 2.05) is 34.6 Å². The largest absolute Gasteiger partial charge is 0.464 e. The van der Waals surface area contributed by atoms with Gasteiger partial charge in [-0.25, -0.2) is 9.59 Å². The quantitative estimate of drug-likeness (QED) is 0.521. The molecule has 0 spiro atoms. The van der Waals surface area contributed by atoms with Gasteiger partial charge >= 0.3 is 12.1 Å². The Kier molecular flexibility index (Phi) is 9.84. The molecule has 21 heavy (non-hydrogen) atoms. The van der Waals surface area contributed by atoms with E-state index in [1.54, 1.807) is 0 Å². The molecule has 1 atom stereocenters. The summed E-state index contributed by atoms with van der Waals surface area (Å²) in [6, 6.07) is -0.616. The molecule has 1 N–H and O–H groups in total. The van der Waals surface area contributed by atoms with Gasteiger partial charge in [-0.05, 0) is 18.3 Å². The summed E-state index contributed by atoms with van der Waals surface area (Å²) in [4.78, 5) is 23.7. The van der Waals surface area contributed by atoms with Crippen LogP contribution >= 0.6 is 0 Å². The minimum Gasteiger partial charge on any atom is -0.464 e. The van der Waals surface area contributed by atoms with Crippen molar-refractivity contribution in [1.82, 2.24) is 5.32 Å². The number of nitrogens with one attached hydrogen (secondary N) is 1. The smallest absolute Gasteiger partial charge is 0.407 e. The summed E-state index contributed by atoms with van der Waals surface area (Å²) in [6.45, 7) is 10.7. The second-order valence-corrected chi connectivity index (χ2v) is 6.50. The summed E-state index contributed by atoms with van der Waals surface area (Å²) in [5.74, 6) is -0.371. The van der Waals surface area contributed by atoms with Crippen LogP contribution < -0.4 is 5.32 Å². The number of carbonyl (C=O) groups is 2. The van der Waals surface area contributed by atoms with E-state index >= 15 is 0 Å². The highest BCUT2D eigenvalue weighted by Crippen LogP contribution is 2.13. The third-order valence-corrected chi connectivity index (χ3v) is 2.80. The van der Waals surface area contributed by atoms with E-state index in [1.165, 1.54) is 0 Å². The third kappa shape index (κ3) is 11.1. The summed E-state index contributed by atoms with van der Waals surface area (Å²) in [7, 11) is 0. The number of amides is 1. The molecule has 0 radical (unpaired) electrons. The SMILES string of the molecule is CCCCOC(=O)C(CCCC)NC(=O)OCC(C)(C)C. The Morgan fingerprint density at radius 3 is 2.19 bits per heavy atom. The van der Waals surface area contributed by atoms with E-state index in [2.05, 4.69) is 5.32 Å². The van der Waals surface area contributed by atoms with Crippen LogP contribution in [0.4, 0.5) is 4.79 Å². The molecule has 0 aliphatic carbocycles. The minimum atomic E-state index is -0.616. The molecule has 0 aliphatic heterocycles. The second kappa shape index (κ2) is 10.5. The molecule has 0 saturated heterocycles. The van der Waals surface area contributed by atoms with Crippen LogP contribution in [-0.2, 0) is 14.3 Å². The molecule has 1 unspecified atom stereocenters. The first kappa shape index (κ1) is 19.7. The molecule has 0 fully saturated rings. The standard InChI is InChI=1S/C16H31NO4/c1-6-8-10-13(14(18)20-11-9-7-2)17-15(19)21-12-16(3,4)5/h13H,6-12H2,1-5H3,(H,17,19). The number of hydrogen-bond donors (Lipinski definition) is 1. The predicted octanol–water partition coefficient (Wildman–Crippen LogP) is 3.66. The van der Waals surface area contributed by atoms with Gasteiger partial charge in [0.15, 0.2) is 0 Å². The lowest BCUT2D eigenvalue weighted by molar-refractivity contribution is -0.146. The molecular weight excluding hydrogens is 270 g/mol. The Morgan fingerprint density at radius 2 is 1.67 bits per heavy atom. The van der Waals surface area contributed by atoms with Crippen molar-refractivity contribution in [2.24, 2.45) is 5.41 Å². The topological polar surface area (TPSA) is 64.6 Å². The number of carbonyl (C=O) groups excluding carboxylic acids is 2. The van der Waals surface area contributed by atoms with Crippen molar-refractivity contribution in [3.05, 3.63) is 0 Å². The molecule has 0 heterocycles. The summed E-state index contributed by atoms with van der Waals surface area (Å²) in [6.07, 6.45) is 3.63. The maximum atomic E-state index is 12.0. The van der Waals surface area contributed by atoms with Crippen LogP contribution in [0.15, 0.2) is 0 Å². The van der Waals surface area contributed by atoms with Crippen molar-refractivity contribution in [2.75, 3.05) is 13.2 Å². The molecule has 5 nitrogen and oxygen atoms in total. The zero-order valence-electron chi connectivity index (χ0n) is 14.2. The lowest BCUT2D eigenvalue weighted by Gasteiger charge is -2.21. The molecular formula is C16H31NO4. The van der Waals surface area contributed by atoms with Gasteiger partial charge in [0.1, 0.15) is 6.04 Å². The first-order valence-corrected chi connectivity index (χ1v) is 7.90. The number of alkyl carbamates (subject to hydrolysis) is 1. The average Bonchev–Trinajstić information content (AvgIpc) is 2.40. The molecule has 0 aromatic rings. The van der Waals surface area contributed by atoms with Gasteiger partial charge in [-0.15, -0.1) is 0 Å². The first-order valence-electron chi connectivity index (χ1n) is 7.90.